The van der Waals surface area contributed by atoms with Crippen LogP contribution in [-0.2, 0) is 9.59 Å². The van der Waals surface area contributed by atoms with Gasteiger partial charge in [0.2, 0.25) is 11.8 Å². The highest BCUT2D eigenvalue weighted by Crippen LogP contribution is 2.33. The minimum atomic E-state index is -0.661. The smallest absolute Gasteiger partial charge is 0.255 e. The number of piperidine rings is 1. The minimum absolute atomic E-state index is 0.0239. The average molecular weight is 413 g/mol. The summed E-state index contributed by atoms with van der Waals surface area (Å²) in [6.45, 7) is 8.02. The summed E-state index contributed by atoms with van der Waals surface area (Å²) in [4.78, 5) is 42.3. The van der Waals surface area contributed by atoms with Crippen molar-refractivity contribution in [3.05, 3.63) is 29.3 Å². The zero-order valence-corrected chi connectivity index (χ0v) is 18.2. The van der Waals surface area contributed by atoms with Gasteiger partial charge >= 0.3 is 0 Å². The molecule has 0 radical (unpaired) electrons. The van der Waals surface area contributed by atoms with Gasteiger partial charge < -0.3 is 20.4 Å². The highest BCUT2D eigenvalue weighted by atomic mass is 16.2. The fourth-order valence-corrected chi connectivity index (χ4v) is 4.84. The number of carbonyl (C=O) groups excluding carboxylic acids is 3. The van der Waals surface area contributed by atoms with Gasteiger partial charge in [-0.3, -0.25) is 14.4 Å². The lowest BCUT2D eigenvalue weighted by Gasteiger charge is -2.40. The number of nitrogens with one attached hydrogen (secondary N) is 2. The Hall–Kier alpha value is -2.57. The van der Waals surface area contributed by atoms with Gasteiger partial charge in [-0.2, -0.15) is 0 Å². The predicted molar refractivity (Wildman–Crippen MR) is 115 cm³/mol. The summed E-state index contributed by atoms with van der Waals surface area (Å²) in [6, 6.07) is 5.25. The van der Waals surface area contributed by atoms with Gasteiger partial charge in [0, 0.05) is 38.2 Å². The van der Waals surface area contributed by atoms with Crippen LogP contribution in [0.3, 0.4) is 0 Å². The van der Waals surface area contributed by atoms with Gasteiger partial charge in [0.05, 0.1) is 5.56 Å². The van der Waals surface area contributed by atoms with Crippen LogP contribution in [0.4, 0.5) is 5.69 Å². The number of fused-ring (bicyclic) bond motifs is 1. The van der Waals surface area contributed by atoms with Crippen LogP contribution in [-0.4, -0.2) is 58.9 Å². The van der Waals surface area contributed by atoms with Crippen molar-refractivity contribution in [3.8, 4) is 0 Å². The first-order valence-corrected chi connectivity index (χ1v) is 11.1. The summed E-state index contributed by atoms with van der Waals surface area (Å²) in [7, 11) is 0. The molecule has 162 valence electrons. The molecule has 0 aliphatic carbocycles. The van der Waals surface area contributed by atoms with E-state index in [0.717, 1.165) is 37.2 Å². The van der Waals surface area contributed by atoms with E-state index in [4.69, 9.17) is 0 Å². The fourth-order valence-electron chi connectivity index (χ4n) is 4.84. The van der Waals surface area contributed by atoms with Crippen molar-refractivity contribution in [3.63, 3.8) is 0 Å². The summed E-state index contributed by atoms with van der Waals surface area (Å²) >= 11 is 0. The van der Waals surface area contributed by atoms with Gasteiger partial charge in [-0.25, -0.2) is 0 Å². The topological polar surface area (TPSA) is 81.8 Å². The number of nitrogens with zero attached hydrogens (tertiary/aromatic N) is 2. The van der Waals surface area contributed by atoms with Crippen molar-refractivity contribution in [1.82, 2.24) is 15.1 Å². The van der Waals surface area contributed by atoms with E-state index in [-0.39, 0.29) is 17.7 Å². The molecule has 2 saturated heterocycles. The highest BCUT2D eigenvalue weighted by Gasteiger charge is 2.42. The van der Waals surface area contributed by atoms with Crippen LogP contribution in [0.2, 0.25) is 0 Å². The molecule has 2 fully saturated rings. The van der Waals surface area contributed by atoms with Crippen molar-refractivity contribution in [1.29, 1.82) is 0 Å². The van der Waals surface area contributed by atoms with E-state index in [2.05, 4.69) is 17.6 Å². The summed E-state index contributed by atoms with van der Waals surface area (Å²) in [6.07, 6.45) is 3.40. The Morgan fingerprint density at radius 1 is 1.13 bits per heavy atom. The number of benzene rings is 1. The van der Waals surface area contributed by atoms with Crippen LogP contribution < -0.4 is 10.6 Å². The number of hydrogen-bond donors (Lipinski definition) is 2. The second-order valence-corrected chi connectivity index (χ2v) is 9.23. The van der Waals surface area contributed by atoms with Crippen LogP contribution in [0.1, 0.15) is 61.9 Å². The van der Waals surface area contributed by atoms with E-state index in [9.17, 15) is 14.4 Å². The van der Waals surface area contributed by atoms with Crippen LogP contribution in [0.25, 0.3) is 0 Å². The number of hydrogen-bond acceptors (Lipinski definition) is 4. The van der Waals surface area contributed by atoms with Crippen molar-refractivity contribution >= 4 is 23.4 Å². The standard InChI is InChI=1S/C23H32N4O3/c1-15-7-11-26(12-8-15)22(30)17(3)27-13-10-23(9-6-20(27)28)24-19-14-16(2)4-5-18(19)21(29)25-23/h4-5,14-15,17,24H,6-13H2,1-3H3,(H,25,29)/t17-,23-/m0/s1. The van der Waals surface area contributed by atoms with Crippen molar-refractivity contribution in [2.24, 2.45) is 5.92 Å². The Balaban J connectivity index is 1.48. The van der Waals surface area contributed by atoms with E-state index in [1.807, 2.05) is 36.9 Å². The molecule has 3 aliphatic heterocycles. The third kappa shape index (κ3) is 3.89. The second-order valence-electron chi connectivity index (χ2n) is 9.23. The molecule has 1 spiro atoms. The predicted octanol–water partition coefficient (Wildman–Crippen LogP) is 2.51. The first-order valence-electron chi connectivity index (χ1n) is 11.1. The molecular formula is C23H32N4O3. The lowest BCUT2D eigenvalue weighted by molar-refractivity contribution is -0.145. The molecule has 4 rings (SSSR count). The molecule has 0 bridgehead atoms. The van der Waals surface area contributed by atoms with Crippen LogP contribution >= 0.6 is 0 Å². The quantitative estimate of drug-likeness (QED) is 0.782. The first kappa shape index (κ1) is 20.7. The fraction of sp³-hybridized carbons (Fsp3) is 0.609. The average Bonchev–Trinajstić information content (AvgIpc) is 2.86. The molecule has 30 heavy (non-hydrogen) atoms. The molecule has 0 unspecified atom stereocenters. The van der Waals surface area contributed by atoms with Crippen LogP contribution in [0.5, 0.6) is 0 Å². The molecule has 2 atom stereocenters. The molecule has 3 heterocycles. The SMILES string of the molecule is Cc1ccc2c(c1)N[C@@]1(CCC(=O)N([C@@H](C)C(=O)N3CCC(C)CC3)CC1)NC2=O. The number of rotatable bonds is 2. The molecule has 7 heteroatoms. The second kappa shape index (κ2) is 7.93. The third-order valence-electron chi connectivity index (χ3n) is 6.93. The van der Waals surface area contributed by atoms with E-state index < -0.39 is 11.7 Å². The third-order valence-corrected chi connectivity index (χ3v) is 6.93. The Kier molecular flexibility index (Phi) is 5.47. The van der Waals surface area contributed by atoms with Crippen LogP contribution in [0, 0.1) is 12.8 Å². The first-order chi connectivity index (χ1) is 14.3. The number of amides is 3. The monoisotopic (exact) mass is 412 g/mol. The zero-order valence-electron chi connectivity index (χ0n) is 18.2. The Morgan fingerprint density at radius 2 is 1.87 bits per heavy atom. The Bertz CT molecular complexity index is 862. The summed E-state index contributed by atoms with van der Waals surface area (Å²) < 4.78 is 0. The van der Waals surface area contributed by atoms with Crippen molar-refractivity contribution < 1.29 is 14.4 Å². The van der Waals surface area contributed by atoms with Crippen molar-refractivity contribution in [2.45, 2.75) is 64.6 Å². The molecule has 0 saturated carbocycles. The molecule has 3 aliphatic rings. The largest absolute Gasteiger partial charge is 0.362 e. The maximum Gasteiger partial charge on any atom is 0.255 e. The van der Waals surface area contributed by atoms with E-state index in [1.54, 1.807) is 4.90 Å². The lowest BCUT2D eigenvalue weighted by atomic mass is 9.94. The van der Waals surface area contributed by atoms with E-state index in [1.165, 1.54) is 0 Å². The Labute approximate surface area is 178 Å². The van der Waals surface area contributed by atoms with E-state index >= 15 is 0 Å². The van der Waals surface area contributed by atoms with Crippen molar-refractivity contribution in [2.75, 3.05) is 25.0 Å². The van der Waals surface area contributed by atoms with Gasteiger partial charge in [0.25, 0.3) is 5.91 Å². The molecule has 7 nitrogen and oxygen atoms in total. The number of anilines is 1. The summed E-state index contributed by atoms with van der Waals surface area (Å²) in [5, 5.41) is 6.60. The molecule has 1 aromatic carbocycles. The van der Waals surface area contributed by atoms with Gasteiger partial charge in [0.15, 0.2) is 0 Å². The van der Waals surface area contributed by atoms with E-state index in [0.29, 0.717) is 37.3 Å². The molecule has 0 aromatic heterocycles. The number of likely N-dealkylation sites (tertiary alicyclic amines) is 2. The molecule has 2 N–H and O–H groups in total. The minimum Gasteiger partial charge on any atom is -0.362 e. The molecule has 3 amide bonds. The lowest BCUT2D eigenvalue weighted by Crippen LogP contribution is -2.58. The summed E-state index contributed by atoms with van der Waals surface area (Å²) in [5.74, 6) is 0.546. The highest BCUT2D eigenvalue weighted by molar-refractivity contribution is 6.02. The number of carbonyl (C=O) groups is 3. The van der Waals surface area contributed by atoms with Gasteiger partial charge in [-0.05, 0) is 56.7 Å². The maximum absolute atomic E-state index is 13.0. The number of aryl methyl sites for hydroxylation is 1. The maximum atomic E-state index is 13.0. The normalized spacial score (nSPS) is 26.0. The summed E-state index contributed by atoms with van der Waals surface area (Å²) in [5.41, 5.74) is 1.85. The molecular weight excluding hydrogens is 380 g/mol. The van der Waals surface area contributed by atoms with Gasteiger partial charge in [-0.15, -0.1) is 0 Å². The molecule has 1 aromatic rings. The zero-order chi connectivity index (χ0) is 21.5. The van der Waals surface area contributed by atoms with Gasteiger partial charge in [-0.1, -0.05) is 13.0 Å². The van der Waals surface area contributed by atoms with Crippen LogP contribution in [0.15, 0.2) is 18.2 Å². The van der Waals surface area contributed by atoms with Gasteiger partial charge in [0.1, 0.15) is 11.7 Å². The Morgan fingerprint density at radius 3 is 2.60 bits per heavy atom.